The van der Waals surface area contributed by atoms with Crippen LogP contribution in [0.1, 0.15) is 215 Å². The van der Waals surface area contributed by atoms with Crippen LogP contribution in [0.25, 0.3) is 0 Å². The molecule has 0 radical (unpaired) electrons. The van der Waals surface area contributed by atoms with Crippen LogP contribution in [0, 0.1) is 18.8 Å². The van der Waals surface area contributed by atoms with Crippen molar-refractivity contribution in [3.63, 3.8) is 0 Å². The number of hydrogen-bond donors (Lipinski definition) is 17. The van der Waals surface area contributed by atoms with E-state index in [2.05, 4.69) is 30.2 Å². The molecule has 2 aromatic rings. The molecule has 3 amide bonds. The Hall–Kier alpha value is -13.1. The van der Waals surface area contributed by atoms with E-state index >= 15 is 0 Å². The summed E-state index contributed by atoms with van der Waals surface area (Å²) in [5.74, 6) is -13.1. The maximum atomic E-state index is 11.5. The monoisotopic (exact) mass is 1920 g/mol. The van der Waals surface area contributed by atoms with Crippen molar-refractivity contribution < 1.29 is 194 Å². The van der Waals surface area contributed by atoms with Gasteiger partial charge in [-0.15, -0.1) is 0 Å². The zero-order chi connectivity index (χ0) is 104. The fraction of sp³-hybridized carbons (Fsp3) is 0.616. The number of nitrogens with two attached hydrogens (primary N) is 5. The number of alkyl carbamates (subject to hydrolysis) is 1. The molecule has 2 rings (SSSR count). The second-order valence-electron chi connectivity index (χ2n) is 29.6. The van der Waals surface area contributed by atoms with Gasteiger partial charge in [0.05, 0.1) is 72.4 Å². The Morgan fingerprint density at radius 2 is 0.657 bits per heavy atom. The highest BCUT2D eigenvalue weighted by Gasteiger charge is 2.22. The largest absolute Gasteiger partial charge is 0.481 e. The summed E-state index contributed by atoms with van der Waals surface area (Å²) >= 11 is 0. The number of carboxylic acid groups (broad SMARTS) is 9. The number of benzene rings is 2. The van der Waals surface area contributed by atoms with Crippen molar-refractivity contribution >= 4 is 125 Å². The lowest BCUT2D eigenvalue weighted by Gasteiger charge is -2.19. The molecule has 0 aliphatic carbocycles. The molecular weight excluding hydrogens is 1780 g/mol. The van der Waals surface area contributed by atoms with Gasteiger partial charge in [0.15, 0.2) is 0 Å². The highest BCUT2D eigenvalue weighted by atomic mass is 16.6. The van der Waals surface area contributed by atoms with Crippen LogP contribution in [0.3, 0.4) is 0 Å². The molecule has 2 aromatic carbocycles. The Morgan fingerprint density at radius 1 is 0.366 bits per heavy atom. The molecule has 5 atom stereocenters. The second-order valence-corrected chi connectivity index (χ2v) is 29.6. The molecule has 22 N–H and O–H groups in total. The molecule has 0 heterocycles. The number of hydrogen-bond acceptors (Lipinski definition) is 36. The van der Waals surface area contributed by atoms with Crippen LogP contribution < -0.4 is 44.6 Å². The number of carboxylic acids is 9. The van der Waals surface area contributed by atoms with Gasteiger partial charge in [-0.05, 0) is 129 Å². The van der Waals surface area contributed by atoms with Crippen molar-refractivity contribution in [1.82, 2.24) is 16.0 Å². The van der Waals surface area contributed by atoms with Crippen molar-refractivity contribution in [3.05, 3.63) is 71.3 Å². The summed E-state index contributed by atoms with van der Waals surface area (Å²) in [4.78, 5) is 223. The molecule has 0 aliphatic heterocycles. The van der Waals surface area contributed by atoms with Gasteiger partial charge in [-0.1, -0.05) is 94.8 Å². The van der Waals surface area contributed by atoms with Crippen LogP contribution >= 0.6 is 0 Å². The standard InChI is InChI=1S/C13H17NO4.C13H16O4.C11H19NO6.2C9H15NO5.2C9H17NO4.C7H13NO4.C6H11NO4/c14-11(9-10-5-2-1-3-6-10)13(17)18-8-4-7-12(15)16;1-10-4-6-11(7-5-10)9-13(16)17-8-2-3-12(14)15;1-11(2,3)18-10(16)12-7-9(15)17-6-4-5-8(13)14;1-6(10-7(2)11)9(14)15-5-3-4-8(12)13;1-2-7(11)10-6-9(14)15-5-3-4-8(12)13;2*1-6(2)8(10)9(13)14-5-3-4-7(11)12;1-5(8)7(11)12-4-2-3-6(9)10;7-4-6(10)11-3-1-2-5(8)9/h1-3,5-6,11H,4,7-9,14H2,(H,15,16);4-7H,2-3,8-9H2,1H3,(H,14,15);4-7H2,1-3H3,(H,12,16)(H,13,14);6H,3-5H2,1-2H3,(H,10,11)(H,12,13);2-6H2,1H3,(H,10,11)(H,12,13);2*6,8H,3-5,10H2,1-2H3,(H,11,12);5H,2-4,8H2,1H3,(H,9,10);1-4,7H2,(H,8,9)/t11-;;;6-;;2*8-;5-;/m0..0.100./s1. The molecule has 0 spiro atoms. The molecule has 0 saturated heterocycles. The topological polar surface area (TPSA) is 799 Å². The number of carbonyl (C=O) groups excluding carboxylic acids is 12. The summed E-state index contributed by atoms with van der Waals surface area (Å²) in [6.07, 6.45) is 2.93. The third kappa shape index (κ3) is 103. The van der Waals surface area contributed by atoms with Crippen LogP contribution in [-0.4, -0.2) is 286 Å². The van der Waals surface area contributed by atoms with Crippen molar-refractivity contribution in [3.8, 4) is 0 Å². The average molecular weight is 1930 g/mol. The van der Waals surface area contributed by atoms with Gasteiger partial charge in [0.25, 0.3) is 0 Å². The lowest BCUT2D eigenvalue weighted by molar-refractivity contribution is -0.148. The zero-order valence-electron chi connectivity index (χ0n) is 78.1. The molecule has 134 heavy (non-hydrogen) atoms. The number of nitrogens with one attached hydrogen (secondary N) is 3. The molecule has 48 nitrogen and oxygen atoms in total. The van der Waals surface area contributed by atoms with Gasteiger partial charge in [0.1, 0.15) is 48.9 Å². The van der Waals surface area contributed by atoms with Crippen LogP contribution in [-0.2, 0) is 156 Å². The Bertz CT molecular complexity index is 3740. The molecule has 0 aromatic heterocycles. The summed E-state index contributed by atoms with van der Waals surface area (Å²) in [6, 6.07) is 13.7. The summed E-state index contributed by atoms with van der Waals surface area (Å²) in [7, 11) is 0. The first-order valence-corrected chi connectivity index (χ1v) is 42.2. The number of aliphatic carboxylic acids is 9. The first kappa shape index (κ1) is 134. The number of amides is 3. The van der Waals surface area contributed by atoms with E-state index in [1.165, 1.54) is 20.8 Å². The van der Waals surface area contributed by atoms with Gasteiger partial charge in [-0.25, -0.2) is 9.59 Å². The Kier molecular flexibility index (Phi) is 85.4. The van der Waals surface area contributed by atoms with Crippen LogP contribution in [0.15, 0.2) is 54.6 Å². The minimum absolute atomic E-state index is 0.00416. The van der Waals surface area contributed by atoms with E-state index in [-0.39, 0.29) is 192 Å². The summed E-state index contributed by atoms with van der Waals surface area (Å²) in [5, 5.41) is 81.7. The molecule has 0 unspecified atom stereocenters. The summed E-state index contributed by atoms with van der Waals surface area (Å²) in [6.45, 7) is 20.6. The molecule has 764 valence electrons. The van der Waals surface area contributed by atoms with Crippen molar-refractivity contribution in [2.45, 2.75) is 254 Å². The van der Waals surface area contributed by atoms with Crippen molar-refractivity contribution in [2.75, 3.05) is 79.1 Å². The number of carbonyl (C=O) groups is 21. The van der Waals surface area contributed by atoms with Gasteiger partial charge in [-0.2, -0.15) is 0 Å². The Labute approximate surface area is 777 Å². The third-order valence-corrected chi connectivity index (χ3v) is 15.0. The minimum atomic E-state index is -0.946. The molecule has 0 saturated carbocycles. The van der Waals surface area contributed by atoms with E-state index in [9.17, 15) is 101 Å². The third-order valence-electron chi connectivity index (χ3n) is 15.0. The van der Waals surface area contributed by atoms with E-state index in [1.54, 1.807) is 27.7 Å². The molecule has 0 bridgehead atoms. The first-order valence-electron chi connectivity index (χ1n) is 42.2. The molecule has 48 heteroatoms. The fourth-order valence-corrected chi connectivity index (χ4v) is 7.87. The van der Waals surface area contributed by atoms with Gasteiger partial charge in [0, 0.05) is 71.1 Å². The predicted molar refractivity (Wildman–Crippen MR) is 473 cm³/mol. The van der Waals surface area contributed by atoms with E-state index in [0.29, 0.717) is 51.4 Å². The molecular formula is C86H140N8O40. The first-order chi connectivity index (χ1) is 62.5. The van der Waals surface area contributed by atoms with E-state index in [0.717, 1.165) is 16.7 Å². The molecule has 0 fully saturated rings. The quantitative estimate of drug-likeness (QED) is 0.0256. The Morgan fingerprint density at radius 3 is 0.948 bits per heavy atom. The maximum Gasteiger partial charge on any atom is 0.408 e. The fourth-order valence-electron chi connectivity index (χ4n) is 7.87. The lowest BCUT2D eigenvalue weighted by Crippen LogP contribution is -2.38. The summed E-state index contributed by atoms with van der Waals surface area (Å²) in [5.41, 5.74) is 29.2. The minimum Gasteiger partial charge on any atom is -0.481 e. The second kappa shape index (κ2) is 85.4. The highest BCUT2D eigenvalue weighted by molar-refractivity contribution is 5.84. The Balaban J connectivity index is -0.000000272. The van der Waals surface area contributed by atoms with Crippen molar-refractivity contribution in [1.29, 1.82) is 0 Å². The SMILES string of the molecule is CC(=O)N[C@@H](C)C(=O)OCCCC(=O)O.CC(C)(C)OC(=O)NCC(=O)OCCCC(=O)O.CC(C)[C@@H](N)C(=O)OCCCC(=O)O.CC(C)[C@H](N)C(=O)OCCCC(=O)O.CCC(=O)NCC(=O)OCCCC(=O)O.C[C@H](N)C(=O)OCCCC(=O)O.Cc1ccc(CC(=O)OCCCC(=O)O)cc1.NCC(=O)OCCCC(=O)O.N[C@@H](Cc1ccccc1)C(=O)OCCCC(=O)O. The van der Waals surface area contributed by atoms with Crippen LogP contribution in [0.5, 0.6) is 0 Å². The number of ether oxygens (including phenoxy) is 10. The van der Waals surface area contributed by atoms with Crippen LogP contribution in [0.2, 0.25) is 0 Å². The van der Waals surface area contributed by atoms with E-state index in [1.807, 2.05) is 89.2 Å². The van der Waals surface area contributed by atoms with Gasteiger partial charge < -0.3 is 138 Å². The number of aryl methyl sites for hydroxylation is 1. The average Bonchev–Trinajstić information content (AvgIpc) is 0.916. The van der Waals surface area contributed by atoms with E-state index < -0.39 is 143 Å². The van der Waals surface area contributed by atoms with Crippen LogP contribution in [0.4, 0.5) is 4.79 Å². The summed E-state index contributed by atoms with van der Waals surface area (Å²) < 4.78 is 47.6. The van der Waals surface area contributed by atoms with E-state index in [4.69, 9.17) is 108 Å². The number of rotatable bonds is 54. The van der Waals surface area contributed by atoms with Gasteiger partial charge >= 0.3 is 114 Å². The number of esters is 9. The van der Waals surface area contributed by atoms with Gasteiger partial charge in [-0.3, -0.25) is 91.1 Å². The van der Waals surface area contributed by atoms with Crippen molar-refractivity contribution in [2.24, 2.45) is 40.5 Å². The highest BCUT2D eigenvalue weighted by Crippen LogP contribution is 2.10. The maximum absolute atomic E-state index is 11.5. The predicted octanol–water partition coefficient (Wildman–Crippen LogP) is 3.52. The normalized spacial score (nSPS) is 11.1. The zero-order valence-corrected chi connectivity index (χ0v) is 78.1. The van der Waals surface area contributed by atoms with Gasteiger partial charge in [0.2, 0.25) is 11.8 Å². The smallest absolute Gasteiger partial charge is 0.408 e. The lowest BCUT2D eigenvalue weighted by atomic mass is 10.1. The molecule has 0 aliphatic rings.